The number of hydrogen-bond donors (Lipinski definition) is 12. The van der Waals surface area contributed by atoms with Crippen LogP contribution in [0.2, 0.25) is 0 Å². The van der Waals surface area contributed by atoms with E-state index in [1.807, 2.05) is 0 Å². The third-order valence-electron chi connectivity index (χ3n) is 6.52. The van der Waals surface area contributed by atoms with Crippen molar-refractivity contribution in [3.8, 4) is 0 Å². The fourth-order valence-corrected chi connectivity index (χ4v) is 4.40. The molecule has 0 aromatic heterocycles. The molecule has 3 saturated heterocycles. The van der Waals surface area contributed by atoms with Crippen molar-refractivity contribution in [1.29, 1.82) is 0 Å². The van der Waals surface area contributed by atoms with Crippen molar-refractivity contribution in [2.45, 2.75) is 91.4 Å². The Hall–Kier alpha value is -0.640. The first kappa shape index (κ1) is 27.9. The van der Waals surface area contributed by atoms with Gasteiger partial charge in [0.05, 0.1) is 19.8 Å². The van der Waals surface area contributed by atoms with Crippen LogP contribution in [0.3, 0.4) is 0 Å². The van der Waals surface area contributed by atoms with Gasteiger partial charge in [-0.1, -0.05) is 0 Å². The first-order valence-electron chi connectivity index (χ1n) is 10.5. The van der Waals surface area contributed by atoms with Gasteiger partial charge in [0.2, 0.25) is 0 Å². The first-order valence-corrected chi connectivity index (χ1v) is 10.5. The molecule has 12 N–H and O–H groups in total. The summed E-state index contributed by atoms with van der Waals surface area (Å²) in [6.07, 6.45) is -26.4. The van der Waals surface area contributed by atoms with Crippen molar-refractivity contribution in [2.75, 3.05) is 19.8 Å². The van der Waals surface area contributed by atoms with Gasteiger partial charge in [-0.15, -0.1) is 0 Å². The van der Waals surface area contributed by atoms with Gasteiger partial charge >= 0.3 is 0 Å². The molecule has 0 saturated carbocycles. The summed E-state index contributed by atoms with van der Waals surface area (Å²) in [6, 6.07) is 0. The Kier molecular flexibility index (Phi) is 8.85. The maximum absolute atomic E-state index is 11.2. The lowest BCUT2D eigenvalue weighted by Gasteiger charge is -2.54. The van der Waals surface area contributed by atoms with Crippen LogP contribution in [0.1, 0.15) is 0 Å². The second kappa shape index (κ2) is 10.8. The molecule has 0 amide bonds. The van der Waals surface area contributed by atoms with Crippen LogP contribution in [0, 0.1) is 0 Å². The number of aliphatic hydroxyl groups is 12. The molecule has 0 radical (unpaired) electrons. The van der Waals surface area contributed by atoms with Gasteiger partial charge in [0, 0.05) is 0 Å². The molecule has 16 heteroatoms. The van der Waals surface area contributed by atoms with Crippen molar-refractivity contribution in [2.24, 2.45) is 0 Å². The molecule has 3 aliphatic rings. The quantitative estimate of drug-likeness (QED) is 0.160. The standard InChI is InChI=1S/C18H32O16/c19-1-4-7(22)9(24)11(26)15(31-4)18(30)14(28)13(6(3-21)33-17(18)29)34-16-12(27)10(25)8(23)5(2-20)32-16/h4-17,19-30H,1-3H2/t4-,5-,6-,7-,8+,9+,10+,11-,12-,13-,14+,15+,16+,17?,18+/m1/s1. The molecule has 3 rings (SSSR count). The summed E-state index contributed by atoms with van der Waals surface area (Å²) in [4.78, 5) is 0. The molecule has 3 fully saturated rings. The first-order chi connectivity index (χ1) is 15.9. The predicted molar refractivity (Wildman–Crippen MR) is 101 cm³/mol. The summed E-state index contributed by atoms with van der Waals surface area (Å²) in [5.74, 6) is 0. The van der Waals surface area contributed by atoms with Gasteiger partial charge in [0.1, 0.15) is 73.2 Å². The van der Waals surface area contributed by atoms with Crippen LogP contribution in [-0.2, 0) is 18.9 Å². The molecule has 0 spiro atoms. The molecule has 0 aromatic carbocycles. The number of ether oxygens (including phenoxy) is 4. The third kappa shape index (κ3) is 4.59. The van der Waals surface area contributed by atoms with Crippen molar-refractivity contribution >= 4 is 0 Å². The predicted octanol–water partition coefficient (Wildman–Crippen LogP) is -8.18. The maximum atomic E-state index is 11.2. The fraction of sp³-hybridized carbons (Fsp3) is 1.00. The summed E-state index contributed by atoms with van der Waals surface area (Å²) in [5.41, 5.74) is -3.00. The van der Waals surface area contributed by atoms with Crippen LogP contribution >= 0.6 is 0 Å². The third-order valence-corrected chi connectivity index (χ3v) is 6.52. The SMILES string of the molecule is OC[C@H]1O[C@@H](O[C@@H]2[C@@H](CO)OC(O)[C@@](O)([C@H]3O[C@H](CO)[C@@H](O)[C@H](O)[C@H]3O)[C@H]2O)[C@H](O)[C@@H](O)[C@H]1O. The van der Waals surface area contributed by atoms with Crippen LogP contribution < -0.4 is 0 Å². The molecule has 200 valence electrons. The minimum Gasteiger partial charge on any atom is -0.394 e. The van der Waals surface area contributed by atoms with Crippen molar-refractivity contribution < 1.29 is 80.2 Å². The van der Waals surface area contributed by atoms with Crippen LogP contribution in [0.4, 0.5) is 0 Å². The average Bonchev–Trinajstić information content (AvgIpc) is 2.82. The summed E-state index contributed by atoms with van der Waals surface area (Å²) >= 11 is 0. The maximum Gasteiger partial charge on any atom is 0.189 e. The van der Waals surface area contributed by atoms with E-state index in [0.717, 1.165) is 0 Å². The summed E-state index contributed by atoms with van der Waals surface area (Å²) in [5, 5.41) is 121. The highest BCUT2D eigenvalue weighted by atomic mass is 16.7. The summed E-state index contributed by atoms with van der Waals surface area (Å²) in [7, 11) is 0. The lowest BCUT2D eigenvalue weighted by Crippen LogP contribution is -2.77. The smallest absolute Gasteiger partial charge is 0.189 e. The normalized spacial score (nSPS) is 54.7. The molecule has 0 aromatic rings. The van der Waals surface area contributed by atoms with Gasteiger partial charge in [-0.05, 0) is 0 Å². The molecule has 15 atom stereocenters. The molecule has 3 aliphatic heterocycles. The number of hydrogen-bond acceptors (Lipinski definition) is 16. The van der Waals surface area contributed by atoms with E-state index in [0.29, 0.717) is 0 Å². The summed E-state index contributed by atoms with van der Waals surface area (Å²) in [6.45, 7) is -2.60. The second-order valence-corrected chi connectivity index (χ2v) is 8.59. The van der Waals surface area contributed by atoms with Gasteiger partial charge in [-0.3, -0.25) is 0 Å². The van der Waals surface area contributed by atoms with E-state index in [1.165, 1.54) is 0 Å². The second-order valence-electron chi connectivity index (χ2n) is 8.59. The number of aliphatic hydroxyl groups excluding tert-OH is 11. The molecule has 3 heterocycles. The average molecular weight is 504 g/mol. The monoisotopic (exact) mass is 504 g/mol. The Morgan fingerprint density at radius 1 is 0.588 bits per heavy atom. The zero-order valence-corrected chi connectivity index (χ0v) is 17.7. The van der Waals surface area contributed by atoms with E-state index in [1.54, 1.807) is 0 Å². The minimum absolute atomic E-state index is 0.800. The van der Waals surface area contributed by atoms with Gasteiger partial charge in [-0.2, -0.15) is 0 Å². The van der Waals surface area contributed by atoms with Crippen molar-refractivity contribution in [3.63, 3.8) is 0 Å². The topological polar surface area (TPSA) is 280 Å². The Balaban J connectivity index is 1.90. The van der Waals surface area contributed by atoms with Crippen molar-refractivity contribution in [3.05, 3.63) is 0 Å². The van der Waals surface area contributed by atoms with Gasteiger partial charge in [0.15, 0.2) is 18.2 Å². The Bertz CT molecular complexity index is 666. The lowest BCUT2D eigenvalue weighted by molar-refractivity contribution is -0.400. The van der Waals surface area contributed by atoms with E-state index in [4.69, 9.17) is 18.9 Å². The number of rotatable bonds is 6. The van der Waals surface area contributed by atoms with Gasteiger partial charge in [-0.25, -0.2) is 0 Å². The van der Waals surface area contributed by atoms with E-state index in [9.17, 15) is 61.3 Å². The Morgan fingerprint density at radius 2 is 1.09 bits per heavy atom. The van der Waals surface area contributed by atoms with E-state index in [2.05, 4.69) is 0 Å². The van der Waals surface area contributed by atoms with Gasteiger partial charge < -0.3 is 80.2 Å². The highest BCUT2D eigenvalue weighted by Crippen LogP contribution is 2.40. The van der Waals surface area contributed by atoms with E-state index in [-0.39, 0.29) is 0 Å². The molecule has 0 bridgehead atoms. The highest BCUT2D eigenvalue weighted by molar-refractivity contribution is 5.11. The molecule has 1 unspecified atom stereocenters. The molecule has 0 aliphatic carbocycles. The Morgan fingerprint density at radius 3 is 1.62 bits per heavy atom. The fourth-order valence-electron chi connectivity index (χ4n) is 4.40. The minimum atomic E-state index is -3.00. The summed E-state index contributed by atoms with van der Waals surface area (Å²) < 4.78 is 21.0. The van der Waals surface area contributed by atoms with Crippen LogP contribution in [0.15, 0.2) is 0 Å². The largest absolute Gasteiger partial charge is 0.394 e. The molecular formula is C18H32O16. The zero-order valence-electron chi connectivity index (χ0n) is 17.7. The van der Waals surface area contributed by atoms with Crippen molar-refractivity contribution in [1.82, 2.24) is 0 Å². The van der Waals surface area contributed by atoms with Crippen LogP contribution in [0.25, 0.3) is 0 Å². The van der Waals surface area contributed by atoms with Crippen LogP contribution in [0.5, 0.6) is 0 Å². The highest BCUT2D eigenvalue weighted by Gasteiger charge is 2.65. The Labute approximate surface area is 192 Å². The lowest BCUT2D eigenvalue weighted by atomic mass is 9.76. The van der Waals surface area contributed by atoms with Crippen LogP contribution in [-0.4, -0.2) is 173 Å². The zero-order chi connectivity index (χ0) is 25.5. The molecule has 34 heavy (non-hydrogen) atoms. The molecular weight excluding hydrogens is 472 g/mol. The van der Waals surface area contributed by atoms with E-state index < -0.39 is 111 Å². The van der Waals surface area contributed by atoms with Gasteiger partial charge in [0.25, 0.3) is 0 Å². The molecule has 16 nitrogen and oxygen atoms in total. The van der Waals surface area contributed by atoms with E-state index >= 15 is 0 Å².